The number of ether oxygens (including phenoxy) is 1. The molecule has 9 heteroatoms. The molecule has 1 atom stereocenters. The molecule has 1 N–H and O–H groups in total. The van der Waals surface area contributed by atoms with Gasteiger partial charge in [-0.05, 0) is 44.2 Å². The predicted molar refractivity (Wildman–Crippen MR) is 140 cm³/mol. The molecule has 2 fully saturated rings. The van der Waals surface area contributed by atoms with Gasteiger partial charge in [0, 0.05) is 67.2 Å². The molecule has 2 saturated heterocycles. The van der Waals surface area contributed by atoms with Crippen molar-refractivity contribution >= 4 is 23.4 Å². The van der Waals surface area contributed by atoms with E-state index < -0.39 is 5.41 Å². The lowest BCUT2D eigenvalue weighted by Gasteiger charge is -2.43. The minimum atomic E-state index is -0.486. The van der Waals surface area contributed by atoms with Crippen molar-refractivity contribution in [2.75, 3.05) is 52.9 Å². The standard InChI is InChI=1S/C27H38ClN5O3/c1-26(2,3)23-16-22(29-30-23)25(35)33-10-6-9-27(18-33,19-36-21-8-5-7-20(28)15-21)17-24(34)32-13-11-31(4)12-14-32/h5,7-8,15-16H,6,9-14,17-19H2,1-4H3,(H,29,30). The fraction of sp³-hybridized carbons (Fsp3) is 0.593. The van der Waals surface area contributed by atoms with E-state index in [0.29, 0.717) is 42.6 Å². The van der Waals surface area contributed by atoms with Crippen LogP contribution in [0.25, 0.3) is 0 Å². The van der Waals surface area contributed by atoms with Crippen LogP contribution in [-0.4, -0.2) is 89.6 Å². The van der Waals surface area contributed by atoms with Crippen LogP contribution in [0.15, 0.2) is 30.3 Å². The van der Waals surface area contributed by atoms with Gasteiger partial charge in [-0.1, -0.05) is 38.4 Å². The van der Waals surface area contributed by atoms with Crippen LogP contribution in [0.3, 0.4) is 0 Å². The Morgan fingerprint density at radius 2 is 1.86 bits per heavy atom. The van der Waals surface area contributed by atoms with Crippen LogP contribution in [-0.2, 0) is 10.2 Å². The Kier molecular flexibility index (Phi) is 7.95. The first kappa shape index (κ1) is 26.5. The molecule has 0 saturated carbocycles. The van der Waals surface area contributed by atoms with Crippen LogP contribution in [0, 0.1) is 5.41 Å². The number of rotatable bonds is 6. The number of likely N-dealkylation sites (tertiary alicyclic amines) is 1. The molecule has 4 rings (SSSR count). The van der Waals surface area contributed by atoms with Crippen molar-refractivity contribution < 1.29 is 14.3 Å². The number of aromatic nitrogens is 2. The van der Waals surface area contributed by atoms with Crippen molar-refractivity contribution in [3.8, 4) is 5.75 Å². The molecule has 1 unspecified atom stereocenters. The third-order valence-corrected chi connectivity index (χ3v) is 7.51. The van der Waals surface area contributed by atoms with Crippen LogP contribution in [0.1, 0.15) is 56.2 Å². The second-order valence-electron chi connectivity index (χ2n) is 11.4. The van der Waals surface area contributed by atoms with Crippen LogP contribution in [0.5, 0.6) is 5.75 Å². The van der Waals surface area contributed by atoms with E-state index >= 15 is 0 Å². The SMILES string of the molecule is CN1CCN(C(=O)CC2(COc3cccc(Cl)c3)CCCN(C(=O)c3cc(C(C)(C)C)[nH]n3)C2)CC1. The van der Waals surface area contributed by atoms with Gasteiger partial charge in [-0.15, -0.1) is 0 Å². The highest BCUT2D eigenvalue weighted by Crippen LogP contribution is 2.36. The van der Waals surface area contributed by atoms with E-state index in [-0.39, 0.29) is 17.2 Å². The molecule has 1 aromatic heterocycles. The summed E-state index contributed by atoms with van der Waals surface area (Å²) in [6.45, 7) is 10.9. The number of halogens is 1. The maximum absolute atomic E-state index is 13.5. The Bertz CT molecular complexity index is 1070. The van der Waals surface area contributed by atoms with Crippen molar-refractivity contribution in [3.63, 3.8) is 0 Å². The molecule has 8 nitrogen and oxygen atoms in total. The Morgan fingerprint density at radius 3 is 2.53 bits per heavy atom. The van der Waals surface area contributed by atoms with Crippen molar-refractivity contribution in [1.29, 1.82) is 0 Å². The molecule has 196 valence electrons. The molecule has 36 heavy (non-hydrogen) atoms. The summed E-state index contributed by atoms with van der Waals surface area (Å²) in [6, 6.07) is 9.14. The molecule has 0 radical (unpaired) electrons. The summed E-state index contributed by atoms with van der Waals surface area (Å²) in [5.74, 6) is 0.682. The largest absolute Gasteiger partial charge is 0.493 e. The maximum atomic E-state index is 13.5. The molecule has 2 aliphatic rings. The van der Waals surface area contributed by atoms with Gasteiger partial charge >= 0.3 is 0 Å². The van der Waals surface area contributed by atoms with Crippen LogP contribution in [0.4, 0.5) is 0 Å². The summed E-state index contributed by atoms with van der Waals surface area (Å²) in [4.78, 5) is 32.9. The molecule has 0 spiro atoms. The van der Waals surface area contributed by atoms with Gasteiger partial charge in [0.05, 0.1) is 6.61 Å². The Balaban J connectivity index is 1.53. The number of carbonyl (C=O) groups excluding carboxylic acids is 2. The van der Waals surface area contributed by atoms with Gasteiger partial charge < -0.3 is 19.4 Å². The molecule has 2 aliphatic heterocycles. The number of likely N-dealkylation sites (N-methyl/N-ethyl adjacent to an activating group) is 1. The fourth-order valence-electron chi connectivity index (χ4n) is 4.95. The van der Waals surface area contributed by atoms with Gasteiger partial charge in [0.25, 0.3) is 5.91 Å². The summed E-state index contributed by atoms with van der Waals surface area (Å²) >= 11 is 6.16. The summed E-state index contributed by atoms with van der Waals surface area (Å²) in [7, 11) is 2.08. The molecular weight excluding hydrogens is 478 g/mol. The Morgan fingerprint density at radius 1 is 1.11 bits per heavy atom. The van der Waals surface area contributed by atoms with Crippen LogP contribution >= 0.6 is 11.6 Å². The number of hydrogen-bond acceptors (Lipinski definition) is 5. The van der Waals surface area contributed by atoms with Gasteiger partial charge in [0.1, 0.15) is 11.4 Å². The number of nitrogens with one attached hydrogen (secondary N) is 1. The minimum Gasteiger partial charge on any atom is -0.493 e. The highest BCUT2D eigenvalue weighted by molar-refractivity contribution is 6.30. The zero-order chi connectivity index (χ0) is 25.9. The first-order chi connectivity index (χ1) is 17.0. The van der Waals surface area contributed by atoms with E-state index in [1.54, 1.807) is 12.1 Å². The molecule has 0 aliphatic carbocycles. The number of carbonyl (C=O) groups is 2. The molecule has 0 bridgehead atoms. The zero-order valence-electron chi connectivity index (χ0n) is 21.8. The van der Waals surface area contributed by atoms with Gasteiger partial charge in [-0.3, -0.25) is 14.7 Å². The van der Waals surface area contributed by atoms with Crippen LogP contribution < -0.4 is 4.74 Å². The molecule has 1 aromatic carbocycles. The van der Waals surface area contributed by atoms with Crippen molar-refractivity contribution in [3.05, 3.63) is 46.7 Å². The lowest BCUT2D eigenvalue weighted by Crippen LogP contribution is -2.53. The number of nitrogens with zero attached hydrogens (tertiary/aromatic N) is 4. The van der Waals surface area contributed by atoms with E-state index in [1.165, 1.54) is 0 Å². The zero-order valence-corrected chi connectivity index (χ0v) is 22.6. The number of piperidine rings is 1. The van der Waals surface area contributed by atoms with Gasteiger partial charge in [0.15, 0.2) is 0 Å². The minimum absolute atomic E-state index is 0.111. The van der Waals surface area contributed by atoms with E-state index in [1.807, 2.05) is 28.0 Å². The number of hydrogen-bond donors (Lipinski definition) is 1. The Labute approximate surface area is 218 Å². The third kappa shape index (κ3) is 6.40. The van der Waals surface area contributed by atoms with Gasteiger partial charge in [-0.25, -0.2) is 0 Å². The second kappa shape index (κ2) is 10.8. The maximum Gasteiger partial charge on any atom is 0.274 e. The predicted octanol–water partition coefficient (Wildman–Crippen LogP) is 3.83. The quantitative estimate of drug-likeness (QED) is 0.632. The van der Waals surface area contributed by atoms with Crippen molar-refractivity contribution in [1.82, 2.24) is 24.9 Å². The third-order valence-electron chi connectivity index (χ3n) is 7.28. The highest BCUT2D eigenvalue weighted by Gasteiger charge is 2.41. The van der Waals surface area contributed by atoms with Crippen LogP contribution in [0.2, 0.25) is 5.02 Å². The van der Waals surface area contributed by atoms with E-state index in [2.05, 4.69) is 42.9 Å². The average molecular weight is 516 g/mol. The summed E-state index contributed by atoms with van der Waals surface area (Å²) < 4.78 is 6.19. The number of amides is 2. The molecule has 2 amide bonds. The Hall–Kier alpha value is -2.58. The number of aromatic amines is 1. The first-order valence-electron chi connectivity index (χ1n) is 12.7. The molecular formula is C27H38ClN5O3. The smallest absolute Gasteiger partial charge is 0.274 e. The fourth-order valence-corrected chi connectivity index (χ4v) is 5.13. The normalized spacial score (nSPS) is 21.5. The van der Waals surface area contributed by atoms with Crippen molar-refractivity contribution in [2.45, 2.75) is 45.4 Å². The summed E-state index contributed by atoms with van der Waals surface area (Å²) in [5.41, 5.74) is 0.719. The summed E-state index contributed by atoms with van der Waals surface area (Å²) in [6.07, 6.45) is 1.96. The van der Waals surface area contributed by atoms with E-state index in [4.69, 9.17) is 16.3 Å². The van der Waals surface area contributed by atoms with Gasteiger partial charge in [-0.2, -0.15) is 5.10 Å². The molecule has 2 aromatic rings. The highest BCUT2D eigenvalue weighted by atomic mass is 35.5. The van der Waals surface area contributed by atoms with Gasteiger partial charge in [0.2, 0.25) is 5.91 Å². The second-order valence-corrected chi connectivity index (χ2v) is 11.8. The lowest BCUT2D eigenvalue weighted by molar-refractivity contribution is -0.137. The number of piperazine rings is 1. The topological polar surface area (TPSA) is 81.8 Å². The molecule has 3 heterocycles. The monoisotopic (exact) mass is 515 g/mol. The van der Waals surface area contributed by atoms with E-state index in [9.17, 15) is 9.59 Å². The summed E-state index contributed by atoms with van der Waals surface area (Å²) in [5, 5.41) is 7.93. The average Bonchev–Trinajstić information content (AvgIpc) is 3.34. The van der Waals surface area contributed by atoms with Crippen molar-refractivity contribution in [2.24, 2.45) is 5.41 Å². The number of H-pyrrole nitrogens is 1. The van der Waals surface area contributed by atoms with E-state index in [0.717, 1.165) is 44.7 Å². The number of benzene rings is 1. The lowest BCUT2D eigenvalue weighted by atomic mass is 9.77. The first-order valence-corrected chi connectivity index (χ1v) is 13.1.